The number of aromatic nitrogens is 1. The Labute approximate surface area is 175 Å². The van der Waals surface area contributed by atoms with Crippen molar-refractivity contribution in [3.63, 3.8) is 0 Å². The van der Waals surface area contributed by atoms with Crippen molar-refractivity contribution in [1.82, 2.24) is 10.3 Å². The molecule has 0 unspecified atom stereocenters. The molecule has 0 aliphatic rings. The van der Waals surface area contributed by atoms with Crippen LogP contribution in [0.1, 0.15) is 56.4 Å². The van der Waals surface area contributed by atoms with Crippen LogP contribution in [0.3, 0.4) is 0 Å². The largest absolute Gasteiger partial charge is 0.444 e. The van der Waals surface area contributed by atoms with Gasteiger partial charge >= 0.3 is 16.4 Å². The molecule has 1 aromatic carbocycles. The van der Waals surface area contributed by atoms with Crippen LogP contribution in [0.2, 0.25) is 0 Å². The second kappa shape index (κ2) is 9.55. The average molecular weight is 442 g/mol. The van der Waals surface area contributed by atoms with Gasteiger partial charge in [-0.1, -0.05) is 25.5 Å². The highest BCUT2D eigenvalue weighted by Crippen LogP contribution is 2.24. The summed E-state index contributed by atoms with van der Waals surface area (Å²) in [4.78, 5) is 17.0. The molecule has 0 fully saturated rings. The van der Waals surface area contributed by atoms with Gasteiger partial charge in [0.05, 0.1) is 17.4 Å². The van der Waals surface area contributed by atoms with Gasteiger partial charge in [0.25, 0.3) is 0 Å². The van der Waals surface area contributed by atoms with Crippen molar-refractivity contribution < 1.29 is 22.5 Å². The van der Waals surface area contributed by atoms with Crippen LogP contribution >= 0.6 is 11.3 Å². The maximum Gasteiger partial charge on any atom is 0.408 e. The van der Waals surface area contributed by atoms with Gasteiger partial charge in [0.2, 0.25) is 0 Å². The number of amides is 1. The molecule has 1 atom stereocenters. The van der Waals surface area contributed by atoms with Crippen molar-refractivity contribution in [2.75, 3.05) is 4.72 Å². The predicted molar refractivity (Wildman–Crippen MR) is 114 cm³/mol. The maximum atomic E-state index is 12.3. The molecule has 0 radical (unpaired) electrons. The fourth-order valence-corrected chi connectivity index (χ4v) is 3.93. The van der Waals surface area contributed by atoms with E-state index in [0.29, 0.717) is 6.42 Å². The van der Waals surface area contributed by atoms with E-state index in [-0.39, 0.29) is 11.7 Å². The van der Waals surface area contributed by atoms with Crippen molar-refractivity contribution in [2.24, 2.45) is 0 Å². The van der Waals surface area contributed by atoms with E-state index in [4.69, 9.17) is 9.29 Å². The second-order valence-corrected chi connectivity index (χ2v) is 9.65. The minimum atomic E-state index is -4.32. The summed E-state index contributed by atoms with van der Waals surface area (Å²) < 4.78 is 38.1. The molecule has 0 aliphatic heterocycles. The summed E-state index contributed by atoms with van der Waals surface area (Å²) in [5.74, 6) is 0. The molecule has 2 aromatic rings. The van der Waals surface area contributed by atoms with E-state index in [1.165, 1.54) is 23.5 Å². The molecule has 1 aromatic heterocycles. The Balaban J connectivity index is 2.18. The molecule has 0 saturated heterocycles. The highest BCUT2D eigenvalue weighted by atomic mass is 32.2. The van der Waals surface area contributed by atoms with Crippen molar-refractivity contribution in [2.45, 2.75) is 58.6 Å². The van der Waals surface area contributed by atoms with Gasteiger partial charge in [0.15, 0.2) is 0 Å². The van der Waals surface area contributed by atoms with Crippen LogP contribution in [0.15, 0.2) is 29.6 Å². The van der Waals surface area contributed by atoms with E-state index in [9.17, 15) is 13.2 Å². The number of aryl methyl sites for hydroxylation is 1. The zero-order valence-electron chi connectivity index (χ0n) is 16.9. The quantitative estimate of drug-likeness (QED) is 0.531. The molecule has 8 nitrogen and oxygen atoms in total. The number of thiazole rings is 1. The highest BCUT2D eigenvalue weighted by molar-refractivity contribution is 7.87. The lowest BCUT2D eigenvalue weighted by Crippen LogP contribution is -2.35. The molecule has 1 heterocycles. The normalized spacial score (nSPS) is 13.0. The molecule has 0 bridgehead atoms. The van der Waals surface area contributed by atoms with Crippen molar-refractivity contribution >= 4 is 33.4 Å². The van der Waals surface area contributed by atoms with Gasteiger partial charge in [0, 0.05) is 5.38 Å². The molecule has 160 valence electrons. The molecule has 29 heavy (non-hydrogen) atoms. The van der Waals surface area contributed by atoms with Crippen LogP contribution in [0.5, 0.6) is 0 Å². The number of ether oxygens (including phenoxy) is 1. The lowest BCUT2D eigenvalue weighted by atomic mass is 10.1. The molecular weight excluding hydrogens is 414 g/mol. The number of carbonyl (C=O) groups excluding carboxylic acids is 1. The molecule has 0 spiro atoms. The molecule has 3 N–H and O–H groups in total. The third-order valence-electron chi connectivity index (χ3n) is 3.71. The van der Waals surface area contributed by atoms with Gasteiger partial charge < -0.3 is 10.1 Å². The monoisotopic (exact) mass is 441 g/mol. The van der Waals surface area contributed by atoms with Crippen LogP contribution in [-0.2, 0) is 27.9 Å². The SMILES string of the molecule is CCCc1csc([C@H](Cc2ccc(NS(=O)(=O)O)cc2)NC(=O)OC(C)(C)C)n1. The average Bonchev–Trinajstić information content (AvgIpc) is 3.02. The third kappa shape index (κ3) is 8.38. The lowest BCUT2D eigenvalue weighted by molar-refractivity contribution is 0.0503. The number of anilines is 1. The van der Waals surface area contributed by atoms with E-state index in [1.54, 1.807) is 32.9 Å². The molecule has 0 saturated carbocycles. The van der Waals surface area contributed by atoms with E-state index in [2.05, 4.69) is 17.2 Å². The molecule has 1 amide bonds. The molecule has 2 rings (SSSR count). The number of nitrogens with zero attached hydrogens (tertiary/aromatic N) is 1. The number of carbonyl (C=O) groups is 1. The summed E-state index contributed by atoms with van der Waals surface area (Å²) >= 11 is 1.48. The van der Waals surface area contributed by atoms with E-state index in [1.807, 2.05) is 10.1 Å². The van der Waals surface area contributed by atoms with Crippen LogP contribution in [0, 0.1) is 0 Å². The van der Waals surface area contributed by atoms with Gasteiger partial charge in [-0.05, 0) is 51.3 Å². The first-order chi connectivity index (χ1) is 13.4. The smallest absolute Gasteiger partial charge is 0.408 e. The molecule has 0 aliphatic carbocycles. The van der Waals surface area contributed by atoms with Crippen molar-refractivity contribution in [3.8, 4) is 0 Å². The summed E-state index contributed by atoms with van der Waals surface area (Å²) in [5, 5.41) is 5.65. The predicted octanol–water partition coefficient (Wildman–Crippen LogP) is 4.12. The highest BCUT2D eigenvalue weighted by Gasteiger charge is 2.23. The van der Waals surface area contributed by atoms with Crippen LogP contribution in [0.4, 0.5) is 10.5 Å². The van der Waals surface area contributed by atoms with E-state index >= 15 is 0 Å². The Bertz CT molecular complexity index is 918. The number of rotatable bonds is 8. The topological polar surface area (TPSA) is 118 Å². The van der Waals surface area contributed by atoms with Crippen LogP contribution in [-0.4, -0.2) is 29.6 Å². The minimum absolute atomic E-state index is 0.243. The van der Waals surface area contributed by atoms with Gasteiger partial charge in [-0.25, -0.2) is 9.78 Å². The Morgan fingerprint density at radius 1 is 1.28 bits per heavy atom. The number of nitrogens with one attached hydrogen (secondary N) is 2. The Hall–Kier alpha value is -2.17. The number of hydrogen-bond donors (Lipinski definition) is 3. The summed E-state index contributed by atoms with van der Waals surface area (Å²) in [7, 11) is -4.32. The lowest BCUT2D eigenvalue weighted by Gasteiger charge is -2.23. The van der Waals surface area contributed by atoms with E-state index < -0.39 is 22.0 Å². The third-order valence-corrected chi connectivity index (χ3v) is 5.21. The summed E-state index contributed by atoms with van der Waals surface area (Å²) in [5.41, 5.74) is 1.47. The van der Waals surface area contributed by atoms with Crippen LogP contribution in [0.25, 0.3) is 0 Å². The first-order valence-corrected chi connectivity index (χ1v) is 11.5. The number of hydrogen-bond acceptors (Lipinski definition) is 6. The summed E-state index contributed by atoms with van der Waals surface area (Å²) in [6.45, 7) is 7.47. The van der Waals surface area contributed by atoms with Gasteiger partial charge in [0.1, 0.15) is 10.6 Å². The van der Waals surface area contributed by atoms with Crippen LogP contribution < -0.4 is 10.0 Å². The fraction of sp³-hybridized carbons (Fsp3) is 0.474. The Morgan fingerprint density at radius 3 is 2.48 bits per heavy atom. The number of benzene rings is 1. The summed E-state index contributed by atoms with van der Waals surface area (Å²) in [6, 6.07) is 6.13. The zero-order valence-corrected chi connectivity index (χ0v) is 18.6. The molecule has 10 heteroatoms. The zero-order chi connectivity index (χ0) is 21.7. The number of alkyl carbamates (subject to hydrolysis) is 1. The van der Waals surface area contributed by atoms with Gasteiger partial charge in [-0.15, -0.1) is 11.3 Å². The first-order valence-electron chi connectivity index (χ1n) is 9.23. The standard InChI is InChI=1S/C19H27N3O5S2/c1-5-6-15-12-28-17(20-15)16(21-18(23)27-19(2,3)4)11-13-7-9-14(10-8-13)22-29(24,25)26/h7-10,12,16,22H,5-6,11H2,1-4H3,(H,21,23)(H,24,25,26)/t16-/m0/s1. The fourth-order valence-electron chi connectivity index (χ4n) is 2.60. The van der Waals surface area contributed by atoms with Crippen molar-refractivity contribution in [3.05, 3.63) is 45.9 Å². The molecular formula is C19H27N3O5S2. The Kier molecular flexibility index (Phi) is 7.61. The maximum absolute atomic E-state index is 12.3. The van der Waals surface area contributed by atoms with E-state index in [0.717, 1.165) is 29.1 Å². The Morgan fingerprint density at radius 2 is 1.93 bits per heavy atom. The first kappa shape index (κ1) is 23.1. The minimum Gasteiger partial charge on any atom is -0.444 e. The van der Waals surface area contributed by atoms with Crippen molar-refractivity contribution in [1.29, 1.82) is 0 Å². The second-order valence-electron chi connectivity index (χ2n) is 7.60. The van der Waals surface area contributed by atoms with Gasteiger partial charge in [-0.3, -0.25) is 9.27 Å². The summed E-state index contributed by atoms with van der Waals surface area (Å²) in [6.07, 6.45) is 1.77. The van der Waals surface area contributed by atoms with Gasteiger partial charge in [-0.2, -0.15) is 8.42 Å².